The summed E-state index contributed by atoms with van der Waals surface area (Å²) in [5.41, 5.74) is 2.06. The Morgan fingerprint density at radius 2 is 1.89 bits per heavy atom. The van der Waals surface area contributed by atoms with Gasteiger partial charge in [-0.1, -0.05) is 40.9 Å². The first-order valence-electron chi connectivity index (χ1n) is 10.8. The van der Waals surface area contributed by atoms with E-state index in [1.807, 2.05) is 31.2 Å². The number of aliphatic carboxylic acids is 1. The van der Waals surface area contributed by atoms with Crippen molar-refractivity contribution in [2.75, 3.05) is 17.2 Å². The van der Waals surface area contributed by atoms with Gasteiger partial charge in [0, 0.05) is 36.1 Å². The highest BCUT2D eigenvalue weighted by atomic mass is 19.4. The molecule has 1 atom stereocenters. The maximum atomic E-state index is 13.5. The molecule has 0 saturated carbocycles. The highest BCUT2D eigenvalue weighted by molar-refractivity contribution is 6.20. The first-order valence-corrected chi connectivity index (χ1v) is 10.8. The molecule has 35 heavy (non-hydrogen) atoms. The molecule has 2 aromatic rings. The molecule has 1 aliphatic heterocycles. The lowest BCUT2D eigenvalue weighted by atomic mass is 10.1. The number of anilines is 2. The molecule has 3 N–H and O–H groups in total. The van der Waals surface area contributed by atoms with E-state index in [0.717, 1.165) is 17.7 Å². The van der Waals surface area contributed by atoms with Gasteiger partial charge in [0.25, 0.3) is 0 Å². The standard InChI is InChI=1S/C24H23F3N4O4/c1-2-16-7-3-4-10-20(16)28-14-17-15-29-31(22(17)34,12-6-11-21(32)33)19-9-5-8-18(13-19)30-23(35)24(25,26)27/h3-5,7-10,13-15H,2,6,11-12H2,1H3,(H2-,28,29,30,32,33,34,35)/p+1. The number of rotatable bonds is 9. The SMILES string of the molecule is CCc1ccccc1NC=C1C=N[N+](CCCC(=O)O)(c2cccc(NC(=O)C(F)(F)F)c2)C1=O. The van der Waals surface area contributed by atoms with Gasteiger partial charge in [0.1, 0.15) is 18.3 Å². The Morgan fingerprint density at radius 3 is 2.57 bits per heavy atom. The van der Waals surface area contributed by atoms with Crippen molar-refractivity contribution in [3.05, 3.63) is 65.9 Å². The normalized spacial score (nSPS) is 18.6. The van der Waals surface area contributed by atoms with Crippen LogP contribution in [0.25, 0.3) is 0 Å². The number of aryl methyl sites for hydroxylation is 1. The quantitative estimate of drug-likeness (QED) is 0.357. The van der Waals surface area contributed by atoms with E-state index in [1.54, 1.807) is 5.32 Å². The molecule has 1 aliphatic rings. The topological polar surface area (TPSA) is 108 Å². The molecule has 2 amide bonds. The van der Waals surface area contributed by atoms with Gasteiger partial charge in [-0.3, -0.25) is 9.59 Å². The number of quaternary nitrogens is 1. The summed E-state index contributed by atoms with van der Waals surface area (Å²) in [5, 5.41) is 18.2. The second kappa shape index (κ2) is 10.5. The number of halogens is 3. The molecule has 0 radical (unpaired) electrons. The number of para-hydroxylation sites is 1. The summed E-state index contributed by atoms with van der Waals surface area (Å²) in [7, 11) is 0. The number of carbonyl (C=O) groups is 3. The van der Waals surface area contributed by atoms with Crippen molar-refractivity contribution in [3.8, 4) is 0 Å². The minimum atomic E-state index is -5.08. The first kappa shape index (κ1) is 25.6. The molecular weight excluding hydrogens is 465 g/mol. The fraction of sp³-hybridized carbons (Fsp3) is 0.250. The molecule has 0 aliphatic carbocycles. The Bertz CT molecular complexity index is 1190. The molecule has 1 heterocycles. The number of benzene rings is 2. The number of carbonyl (C=O) groups excluding carboxylic acids is 2. The monoisotopic (exact) mass is 489 g/mol. The Morgan fingerprint density at radius 1 is 1.14 bits per heavy atom. The van der Waals surface area contributed by atoms with E-state index in [1.165, 1.54) is 36.7 Å². The molecule has 8 nitrogen and oxygen atoms in total. The second-order valence-corrected chi connectivity index (χ2v) is 7.80. The number of amides is 2. The maximum absolute atomic E-state index is 13.5. The van der Waals surface area contributed by atoms with Crippen molar-refractivity contribution >= 4 is 41.1 Å². The van der Waals surface area contributed by atoms with Gasteiger partial charge in [0.2, 0.25) is 0 Å². The molecule has 3 rings (SSSR count). The molecule has 11 heteroatoms. The van der Waals surface area contributed by atoms with Gasteiger partial charge in [-0.05, 0) is 24.1 Å². The Labute approximate surface area is 199 Å². The molecular formula is C24H24F3N4O4+. The van der Waals surface area contributed by atoms with Crippen LogP contribution in [0.4, 0.5) is 30.2 Å². The van der Waals surface area contributed by atoms with Crippen LogP contribution >= 0.6 is 0 Å². The zero-order valence-electron chi connectivity index (χ0n) is 18.8. The van der Waals surface area contributed by atoms with Crippen LogP contribution in [0.5, 0.6) is 0 Å². The fourth-order valence-electron chi connectivity index (χ4n) is 3.65. The highest BCUT2D eigenvalue weighted by Crippen LogP contribution is 2.33. The van der Waals surface area contributed by atoms with Crippen LogP contribution in [0.1, 0.15) is 25.3 Å². The van der Waals surface area contributed by atoms with E-state index in [4.69, 9.17) is 5.11 Å². The van der Waals surface area contributed by atoms with Crippen molar-refractivity contribution in [2.45, 2.75) is 32.4 Å². The maximum Gasteiger partial charge on any atom is 0.471 e. The van der Waals surface area contributed by atoms with Crippen molar-refractivity contribution in [3.63, 3.8) is 0 Å². The highest BCUT2D eigenvalue weighted by Gasteiger charge is 2.46. The van der Waals surface area contributed by atoms with Crippen molar-refractivity contribution in [1.29, 1.82) is 0 Å². The van der Waals surface area contributed by atoms with Crippen LogP contribution in [0.2, 0.25) is 0 Å². The summed E-state index contributed by atoms with van der Waals surface area (Å²) < 4.78 is 37.4. The number of nitrogens with one attached hydrogen (secondary N) is 2. The van der Waals surface area contributed by atoms with E-state index in [2.05, 4.69) is 10.4 Å². The average molecular weight is 489 g/mol. The summed E-state index contributed by atoms with van der Waals surface area (Å²) in [6.45, 7) is 1.95. The Balaban J connectivity index is 1.93. The summed E-state index contributed by atoms with van der Waals surface area (Å²) in [5.74, 6) is -3.70. The van der Waals surface area contributed by atoms with Crippen molar-refractivity contribution in [1.82, 2.24) is 4.59 Å². The van der Waals surface area contributed by atoms with Gasteiger partial charge in [0.05, 0.1) is 6.42 Å². The molecule has 2 aromatic carbocycles. The number of hydrogen-bond acceptors (Lipinski definition) is 5. The van der Waals surface area contributed by atoms with E-state index < -0.39 is 28.6 Å². The van der Waals surface area contributed by atoms with Crippen LogP contribution in [0.3, 0.4) is 0 Å². The minimum absolute atomic E-state index is 0.0405. The summed E-state index contributed by atoms with van der Waals surface area (Å²) in [6, 6.07) is 12.9. The molecule has 0 fully saturated rings. The lowest BCUT2D eigenvalue weighted by Gasteiger charge is -2.25. The van der Waals surface area contributed by atoms with Gasteiger partial charge in [-0.25, -0.2) is 4.79 Å². The van der Waals surface area contributed by atoms with E-state index in [9.17, 15) is 27.6 Å². The molecule has 184 valence electrons. The smallest absolute Gasteiger partial charge is 0.471 e. The fourth-order valence-corrected chi connectivity index (χ4v) is 3.65. The zero-order valence-corrected chi connectivity index (χ0v) is 18.8. The van der Waals surface area contributed by atoms with Gasteiger partial charge in [-0.15, -0.1) is 0 Å². The predicted octanol–water partition coefficient (Wildman–Crippen LogP) is 4.44. The molecule has 1 unspecified atom stereocenters. The average Bonchev–Trinajstić information content (AvgIpc) is 3.13. The van der Waals surface area contributed by atoms with E-state index in [0.29, 0.717) is 0 Å². The molecule has 0 spiro atoms. The number of alkyl halides is 3. The van der Waals surface area contributed by atoms with Crippen molar-refractivity contribution < 1.29 is 32.7 Å². The number of nitrogens with zero attached hydrogens (tertiary/aromatic N) is 2. The van der Waals surface area contributed by atoms with Gasteiger partial charge in [-0.2, -0.15) is 13.2 Å². The van der Waals surface area contributed by atoms with Gasteiger partial charge < -0.3 is 15.7 Å². The lowest BCUT2D eigenvalue weighted by Crippen LogP contribution is -2.48. The van der Waals surface area contributed by atoms with Crippen LogP contribution in [-0.2, 0) is 20.8 Å². The molecule has 0 saturated heterocycles. The van der Waals surface area contributed by atoms with Crippen LogP contribution in [-0.4, -0.2) is 41.8 Å². The van der Waals surface area contributed by atoms with Gasteiger partial charge >= 0.3 is 24.0 Å². The Kier molecular flexibility index (Phi) is 7.70. The van der Waals surface area contributed by atoms with E-state index in [-0.39, 0.29) is 36.3 Å². The lowest BCUT2D eigenvalue weighted by molar-refractivity contribution is -0.167. The third kappa shape index (κ3) is 5.93. The third-order valence-corrected chi connectivity index (χ3v) is 5.42. The van der Waals surface area contributed by atoms with E-state index >= 15 is 0 Å². The van der Waals surface area contributed by atoms with Crippen LogP contribution < -0.4 is 15.2 Å². The number of carboxylic acid groups (broad SMARTS) is 1. The summed E-state index contributed by atoms with van der Waals surface area (Å²) >= 11 is 0. The van der Waals surface area contributed by atoms with Crippen LogP contribution in [0.15, 0.2) is 65.4 Å². The molecule has 0 bridgehead atoms. The van der Waals surface area contributed by atoms with Crippen molar-refractivity contribution in [2.24, 2.45) is 5.10 Å². The first-order chi connectivity index (χ1) is 16.6. The number of carboxylic acids is 1. The van der Waals surface area contributed by atoms with Crippen LogP contribution in [0, 0.1) is 0 Å². The minimum Gasteiger partial charge on any atom is -0.481 e. The number of hydrogen-bond donors (Lipinski definition) is 3. The predicted molar refractivity (Wildman–Crippen MR) is 126 cm³/mol. The Hall–Kier alpha value is -3.99. The zero-order chi connectivity index (χ0) is 25.6. The summed E-state index contributed by atoms with van der Waals surface area (Å²) in [4.78, 5) is 35.9. The third-order valence-electron chi connectivity index (χ3n) is 5.42. The van der Waals surface area contributed by atoms with Gasteiger partial charge in [0.15, 0.2) is 5.69 Å². The summed E-state index contributed by atoms with van der Waals surface area (Å²) in [6.07, 6.45) is -1.63. The molecule has 0 aromatic heterocycles. The second-order valence-electron chi connectivity index (χ2n) is 7.80. The largest absolute Gasteiger partial charge is 0.481 e.